The molecular weight excluding hydrogens is 340 g/mol. The summed E-state index contributed by atoms with van der Waals surface area (Å²) < 4.78 is 10.8. The third kappa shape index (κ3) is 4.34. The first-order valence-electron chi connectivity index (χ1n) is 9.44. The number of ether oxygens (including phenoxy) is 2. The summed E-state index contributed by atoms with van der Waals surface area (Å²) in [6, 6.07) is 14.7. The van der Waals surface area contributed by atoms with E-state index in [1.165, 1.54) is 11.1 Å². The summed E-state index contributed by atoms with van der Waals surface area (Å²) in [4.78, 5) is 6.80. The van der Waals surface area contributed by atoms with Crippen molar-refractivity contribution in [1.29, 1.82) is 0 Å². The number of hydrogen-bond donors (Lipinski definition) is 2. The van der Waals surface area contributed by atoms with Crippen LogP contribution < -0.4 is 20.1 Å². The van der Waals surface area contributed by atoms with Gasteiger partial charge >= 0.3 is 0 Å². The van der Waals surface area contributed by atoms with Crippen LogP contribution in [0.4, 0.5) is 0 Å². The van der Waals surface area contributed by atoms with Crippen molar-refractivity contribution in [2.75, 3.05) is 33.5 Å². The maximum Gasteiger partial charge on any atom is 0.231 e. The molecule has 0 saturated heterocycles. The SMILES string of the molecule is CN=C(NCCN1CCc2ccccc2C1)NCc1ccc2c(c1)OCO2. The molecule has 4 rings (SSSR count). The summed E-state index contributed by atoms with van der Waals surface area (Å²) in [6.45, 7) is 4.99. The highest BCUT2D eigenvalue weighted by Gasteiger charge is 2.15. The van der Waals surface area contributed by atoms with Crippen molar-refractivity contribution in [3.8, 4) is 11.5 Å². The number of hydrogen-bond acceptors (Lipinski definition) is 4. The summed E-state index contributed by atoms with van der Waals surface area (Å²) in [5.74, 6) is 2.43. The lowest BCUT2D eigenvalue weighted by atomic mass is 10.00. The molecule has 0 aromatic heterocycles. The van der Waals surface area contributed by atoms with E-state index in [0.29, 0.717) is 13.3 Å². The lowest BCUT2D eigenvalue weighted by molar-refractivity contribution is 0.174. The van der Waals surface area contributed by atoms with Crippen LogP contribution in [0.1, 0.15) is 16.7 Å². The number of benzene rings is 2. The van der Waals surface area contributed by atoms with Crippen molar-refractivity contribution >= 4 is 5.96 Å². The van der Waals surface area contributed by atoms with Crippen LogP contribution in [0, 0.1) is 0 Å². The third-order valence-corrected chi connectivity index (χ3v) is 5.05. The summed E-state index contributed by atoms with van der Waals surface area (Å²) in [5, 5.41) is 6.76. The van der Waals surface area contributed by atoms with Gasteiger partial charge in [0.2, 0.25) is 6.79 Å². The normalized spacial score (nSPS) is 16.1. The van der Waals surface area contributed by atoms with Crippen LogP contribution in [0.2, 0.25) is 0 Å². The average molecular weight is 366 g/mol. The van der Waals surface area contributed by atoms with Gasteiger partial charge in [-0.1, -0.05) is 30.3 Å². The molecule has 6 heteroatoms. The smallest absolute Gasteiger partial charge is 0.231 e. The van der Waals surface area contributed by atoms with E-state index in [-0.39, 0.29) is 0 Å². The Bertz CT molecular complexity index is 822. The van der Waals surface area contributed by atoms with Gasteiger partial charge in [0.1, 0.15) is 0 Å². The van der Waals surface area contributed by atoms with Crippen LogP contribution >= 0.6 is 0 Å². The Morgan fingerprint density at radius 1 is 1.07 bits per heavy atom. The fourth-order valence-corrected chi connectivity index (χ4v) is 3.53. The Balaban J connectivity index is 1.22. The van der Waals surface area contributed by atoms with E-state index in [0.717, 1.165) is 55.6 Å². The summed E-state index contributed by atoms with van der Waals surface area (Å²) in [6.07, 6.45) is 1.13. The van der Waals surface area contributed by atoms with Gasteiger partial charge < -0.3 is 20.1 Å². The maximum absolute atomic E-state index is 5.43. The second kappa shape index (κ2) is 8.31. The van der Waals surface area contributed by atoms with E-state index in [4.69, 9.17) is 9.47 Å². The minimum absolute atomic E-state index is 0.302. The molecule has 0 radical (unpaired) electrons. The summed E-state index contributed by atoms with van der Waals surface area (Å²) in [7, 11) is 1.80. The molecule has 0 saturated carbocycles. The molecule has 2 N–H and O–H groups in total. The highest BCUT2D eigenvalue weighted by Crippen LogP contribution is 2.32. The zero-order valence-electron chi connectivity index (χ0n) is 15.7. The Kier molecular flexibility index (Phi) is 5.44. The monoisotopic (exact) mass is 366 g/mol. The molecule has 0 unspecified atom stereocenters. The van der Waals surface area contributed by atoms with Crippen LogP contribution in [-0.4, -0.2) is 44.3 Å². The van der Waals surface area contributed by atoms with Crippen LogP contribution in [0.3, 0.4) is 0 Å². The topological polar surface area (TPSA) is 58.1 Å². The minimum atomic E-state index is 0.302. The second-order valence-corrected chi connectivity index (χ2v) is 6.84. The van der Waals surface area contributed by atoms with Crippen molar-refractivity contribution in [1.82, 2.24) is 15.5 Å². The number of rotatable bonds is 5. The van der Waals surface area contributed by atoms with Crippen molar-refractivity contribution in [3.05, 3.63) is 59.2 Å². The molecule has 27 heavy (non-hydrogen) atoms. The number of fused-ring (bicyclic) bond motifs is 2. The molecular formula is C21H26N4O2. The van der Waals surface area contributed by atoms with Gasteiger partial charge in [0.15, 0.2) is 17.5 Å². The molecule has 2 aromatic carbocycles. The highest BCUT2D eigenvalue weighted by atomic mass is 16.7. The largest absolute Gasteiger partial charge is 0.454 e. The van der Waals surface area contributed by atoms with Crippen molar-refractivity contribution in [3.63, 3.8) is 0 Å². The molecule has 0 bridgehead atoms. The zero-order chi connectivity index (χ0) is 18.5. The maximum atomic E-state index is 5.43. The fraction of sp³-hybridized carbons (Fsp3) is 0.381. The van der Waals surface area contributed by atoms with E-state index in [2.05, 4.69) is 44.8 Å². The molecule has 2 aromatic rings. The average Bonchev–Trinajstić information content (AvgIpc) is 3.18. The van der Waals surface area contributed by atoms with Crippen molar-refractivity contribution in [2.24, 2.45) is 4.99 Å². The van der Waals surface area contributed by atoms with E-state index in [1.54, 1.807) is 7.05 Å². The van der Waals surface area contributed by atoms with Crippen LogP contribution in [-0.2, 0) is 19.5 Å². The Hall–Kier alpha value is -2.73. The summed E-state index contributed by atoms with van der Waals surface area (Å²) >= 11 is 0. The molecule has 0 spiro atoms. The van der Waals surface area contributed by atoms with Gasteiger partial charge in [0.05, 0.1) is 0 Å². The van der Waals surface area contributed by atoms with Crippen LogP contribution in [0.5, 0.6) is 11.5 Å². The first kappa shape index (κ1) is 17.7. The molecule has 0 aliphatic carbocycles. The number of aliphatic imine (C=N–C) groups is 1. The number of guanidine groups is 1. The standard InChI is InChI=1S/C21H26N4O2/c1-22-21(24-13-16-6-7-19-20(12-16)27-15-26-19)23-9-11-25-10-8-17-4-2-3-5-18(17)14-25/h2-7,12H,8-11,13-15H2,1H3,(H2,22,23,24). The van der Waals surface area contributed by atoms with E-state index >= 15 is 0 Å². The van der Waals surface area contributed by atoms with E-state index in [9.17, 15) is 0 Å². The minimum Gasteiger partial charge on any atom is -0.454 e. The van der Waals surface area contributed by atoms with Gasteiger partial charge in [0.25, 0.3) is 0 Å². The van der Waals surface area contributed by atoms with Gasteiger partial charge in [-0.2, -0.15) is 0 Å². The Morgan fingerprint density at radius 2 is 1.93 bits per heavy atom. The fourth-order valence-electron chi connectivity index (χ4n) is 3.53. The highest BCUT2D eigenvalue weighted by molar-refractivity contribution is 5.79. The molecule has 2 aliphatic heterocycles. The van der Waals surface area contributed by atoms with Crippen LogP contribution in [0.15, 0.2) is 47.5 Å². The molecule has 0 atom stereocenters. The Labute approximate surface area is 160 Å². The number of nitrogens with zero attached hydrogens (tertiary/aromatic N) is 2. The van der Waals surface area contributed by atoms with E-state index < -0.39 is 0 Å². The van der Waals surface area contributed by atoms with Gasteiger partial charge in [0, 0.05) is 39.8 Å². The van der Waals surface area contributed by atoms with Crippen molar-refractivity contribution in [2.45, 2.75) is 19.5 Å². The van der Waals surface area contributed by atoms with E-state index in [1.807, 2.05) is 18.2 Å². The quantitative estimate of drug-likeness (QED) is 0.627. The van der Waals surface area contributed by atoms with Crippen LogP contribution in [0.25, 0.3) is 0 Å². The second-order valence-electron chi connectivity index (χ2n) is 6.84. The summed E-state index contributed by atoms with van der Waals surface area (Å²) in [5.41, 5.74) is 4.08. The molecule has 2 aliphatic rings. The Morgan fingerprint density at radius 3 is 2.81 bits per heavy atom. The molecule has 6 nitrogen and oxygen atoms in total. The van der Waals surface area contributed by atoms with Gasteiger partial charge in [-0.15, -0.1) is 0 Å². The lowest BCUT2D eigenvalue weighted by Gasteiger charge is -2.28. The molecule has 2 heterocycles. The van der Waals surface area contributed by atoms with Crippen molar-refractivity contribution < 1.29 is 9.47 Å². The predicted octanol–water partition coefficient (Wildman–Crippen LogP) is 2.14. The number of nitrogens with one attached hydrogen (secondary N) is 2. The van der Waals surface area contributed by atoms with Gasteiger partial charge in [-0.25, -0.2) is 0 Å². The third-order valence-electron chi connectivity index (χ3n) is 5.05. The first-order valence-corrected chi connectivity index (χ1v) is 9.44. The molecule has 0 fully saturated rings. The van der Waals surface area contributed by atoms with Gasteiger partial charge in [-0.05, 0) is 35.2 Å². The predicted molar refractivity (Wildman–Crippen MR) is 106 cm³/mol. The van der Waals surface area contributed by atoms with Gasteiger partial charge in [-0.3, -0.25) is 9.89 Å². The first-order chi connectivity index (χ1) is 13.3. The molecule has 142 valence electrons. The molecule has 0 amide bonds. The lowest BCUT2D eigenvalue weighted by Crippen LogP contribution is -2.42. The zero-order valence-corrected chi connectivity index (χ0v) is 15.7.